The highest BCUT2D eigenvalue weighted by Crippen LogP contribution is 2.34. The maximum atomic E-state index is 6.36. The van der Waals surface area contributed by atoms with Crippen LogP contribution in [0.4, 0.5) is 5.82 Å². The van der Waals surface area contributed by atoms with E-state index in [1.165, 1.54) is 4.68 Å². The van der Waals surface area contributed by atoms with E-state index in [-0.39, 0.29) is 0 Å². The van der Waals surface area contributed by atoms with Crippen LogP contribution >= 0.6 is 23.2 Å². The maximum absolute atomic E-state index is 6.36. The largest absolute Gasteiger partial charge is 0.383 e. The first-order valence-electron chi connectivity index (χ1n) is 9.85. The number of aromatic nitrogens is 7. The molecule has 158 valence electrons. The zero-order valence-corrected chi connectivity index (χ0v) is 17.9. The number of nitrogens with two attached hydrogens (primary N) is 1. The molecule has 3 aromatic heterocycles. The fourth-order valence-electron chi connectivity index (χ4n) is 3.77. The minimum atomic E-state index is 0.300. The number of nitrogens with one attached hydrogen (secondary N) is 1. The number of hydrogen-bond acceptors (Lipinski definition) is 7. The van der Waals surface area contributed by atoms with Crippen LogP contribution < -0.4 is 11.1 Å². The Morgan fingerprint density at radius 3 is 2.61 bits per heavy atom. The third-order valence-corrected chi connectivity index (χ3v) is 6.01. The summed E-state index contributed by atoms with van der Waals surface area (Å²) in [6.07, 6.45) is 7.71. The summed E-state index contributed by atoms with van der Waals surface area (Å²) in [6.45, 7) is 2.00. The van der Waals surface area contributed by atoms with Gasteiger partial charge in [-0.3, -0.25) is 4.68 Å². The lowest BCUT2D eigenvalue weighted by molar-refractivity contribution is 0.343. The second kappa shape index (κ2) is 8.26. The number of benzene rings is 1. The summed E-state index contributed by atoms with van der Waals surface area (Å²) in [7, 11) is 0. The average molecular weight is 456 g/mol. The van der Waals surface area contributed by atoms with Crippen LogP contribution in [0.5, 0.6) is 0 Å². The zero-order chi connectivity index (χ0) is 21.4. The molecule has 0 radical (unpaired) electrons. The van der Waals surface area contributed by atoms with Gasteiger partial charge in [-0.05, 0) is 54.6 Å². The lowest BCUT2D eigenvalue weighted by Crippen LogP contribution is -2.29. The lowest BCUT2D eigenvalue weighted by Gasteiger charge is -2.22. The normalized spacial score (nSPS) is 14.8. The number of halogens is 2. The SMILES string of the molecule is Nc1ncc(-c2cnn(C3CCNCC3)c2)cc1-c1nnnn1-c1c(Cl)cccc1Cl. The van der Waals surface area contributed by atoms with Crippen LogP contribution in [-0.4, -0.2) is 48.1 Å². The van der Waals surface area contributed by atoms with Gasteiger partial charge in [-0.25, -0.2) is 4.98 Å². The molecular formula is C20H19Cl2N9. The van der Waals surface area contributed by atoms with Gasteiger partial charge in [-0.15, -0.1) is 5.10 Å². The number of tetrazole rings is 1. The summed E-state index contributed by atoms with van der Waals surface area (Å²) in [5.74, 6) is 0.696. The molecule has 11 heteroatoms. The van der Waals surface area contributed by atoms with Crippen molar-refractivity contribution >= 4 is 29.0 Å². The van der Waals surface area contributed by atoms with Gasteiger partial charge in [0.25, 0.3) is 0 Å². The monoisotopic (exact) mass is 455 g/mol. The van der Waals surface area contributed by atoms with Crippen LogP contribution in [0.15, 0.2) is 42.9 Å². The Morgan fingerprint density at radius 2 is 1.84 bits per heavy atom. The van der Waals surface area contributed by atoms with E-state index in [0.29, 0.717) is 39.0 Å². The molecule has 0 atom stereocenters. The molecule has 1 aromatic carbocycles. The second-order valence-electron chi connectivity index (χ2n) is 7.33. The third kappa shape index (κ3) is 3.76. The predicted molar refractivity (Wildman–Crippen MR) is 119 cm³/mol. The van der Waals surface area contributed by atoms with Gasteiger partial charge in [0.05, 0.1) is 27.8 Å². The van der Waals surface area contributed by atoms with E-state index in [4.69, 9.17) is 28.9 Å². The summed E-state index contributed by atoms with van der Waals surface area (Å²) < 4.78 is 3.50. The van der Waals surface area contributed by atoms with Crippen molar-refractivity contribution < 1.29 is 0 Å². The van der Waals surface area contributed by atoms with Crippen LogP contribution in [0.3, 0.4) is 0 Å². The van der Waals surface area contributed by atoms with Gasteiger partial charge in [0.1, 0.15) is 11.5 Å². The number of nitrogen functional groups attached to an aromatic ring is 1. The standard InChI is InChI=1S/C20H19Cl2N9/c21-16-2-1-3-17(22)18(16)31-20(27-28-29-31)15-8-12(9-25-19(15)23)13-10-26-30(11-13)14-4-6-24-7-5-14/h1-3,8-11,14,24H,4-7H2,(H2,23,25). The molecule has 0 unspecified atom stereocenters. The first-order chi connectivity index (χ1) is 15.1. The van der Waals surface area contributed by atoms with Crippen molar-refractivity contribution in [2.24, 2.45) is 0 Å². The van der Waals surface area contributed by atoms with Crippen LogP contribution in [0.25, 0.3) is 28.2 Å². The fourth-order valence-corrected chi connectivity index (χ4v) is 4.32. The van der Waals surface area contributed by atoms with Crippen molar-refractivity contribution in [1.29, 1.82) is 0 Å². The molecule has 1 fully saturated rings. The number of rotatable bonds is 4. The predicted octanol–water partition coefficient (Wildman–Crippen LogP) is 3.40. The summed E-state index contributed by atoms with van der Waals surface area (Å²) >= 11 is 12.7. The Morgan fingerprint density at radius 1 is 1.06 bits per heavy atom. The van der Waals surface area contributed by atoms with E-state index in [2.05, 4.69) is 30.9 Å². The van der Waals surface area contributed by atoms with Gasteiger partial charge in [-0.1, -0.05) is 29.3 Å². The van der Waals surface area contributed by atoms with E-state index in [1.807, 2.05) is 23.1 Å². The van der Waals surface area contributed by atoms with Crippen LogP contribution in [0.1, 0.15) is 18.9 Å². The summed E-state index contributed by atoms with van der Waals surface area (Å²) in [4.78, 5) is 4.37. The van der Waals surface area contributed by atoms with Crippen molar-refractivity contribution in [2.75, 3.05) is 18.8 Å². The van der Waals surface area contributed by atoms with E-state index < -0.39 is 0 Å². The van der Waals surface area contributed by atoms with Crippen LogP contribution in [0.2, 0.25) is 10.0 Å². The molecule has 0 amide bonds. The smallest absolute Gasteiger partial charge is 0.190 e. The summed E-state index contributed by atoms with van der Waals surface area (Å²) in [6, 6.07) is 7.50. The highest BCUT2D eigenvalue weighted by Gasteiger charge is 2.20. The van der Waals surface area contributed by atoms with E-state index in [1.54, 1.807) is 24.4 Å². The Balaban J connectivity index is 1.54. The molecule has 0 saturated carbocycles. The van der Waals surface area contributed by atoms with Crippen LogP contribution in [0, 0.1) is 0 Å². The molecule has 3 N–H and O–H groups in total. The molecule has 31 heavy (non-hydrogen) atoms. The van der Waals surface area contributed by atoms with Gasteiger partial charge in [0.15, 0.2) is 5.82 Å². The second-order valence-corrected chi connectivity index (χ2v) is 8.15. The van der Waals surface area contributed by atoms with E-state index in [9.17, 15) is 0 Å². The van der Waals surface area contributed by atoms with Gasteiger partial charge in [0, 0.05) is 23.5 Å². The molecule has 4 aromatic rings. The zero-order valence-electron chi connectivity index (χ0n) is 16.4. The molecule has 1 aliphatic rings. The number of pyridine rings is 1. The molecule has 1 aliphatic heterocycles. The van der Waals surface area contributed by atoms with Crippen molar-refractivity contribution in [3.63, 3.8) is 0 Å². The maximum Gasteiger partial charge on any atom is 0.190 e. The van der Waals surface area contributed by atoms with E-state index in [0.717, 1.165) is 37.1 Å². The quantitative estimate of drug-likeness (QED) is 0.484. The highest BCUT2D eigenvalue weighted by molar-refractivity contribution is 6.37. The Hall–Kier alpha value is -3.01. The molecule has 9 nitrogen and oxygen atoms in total. The minimum Gasteiger partial charge on any atom is -0.383 e. The first kappa shape index (κ1) is 19.9. The van der Waals surface area contributed by atoms with Gasteiger partial charge in [-0.2, -0.15) is 9.78 Å². The fraction of sp³-hybridized carbons (Fsp3) is 0.250. The molecule has 0 bridgehead atoms. The van der Waals surface area contributed by atoms with Gasteiger partial charge < -0.3 is 11.1 Å². The minimum absolute atomic E-state index is 0.300. The molecule has 0 spiro atoms. The first-order valence-corrected chi connectivity index (χ1v) is 10.6. The van der Waals surface area contributed by atoms with Crippen molar-refractivity contribution in [3.8, 4) is 28.2 Å². The Labute approximate surface area is 188 Å². The van der Waals surface area contributed by atoms with Crippen molar-refractivity contribution in [1.82, 2.24) is 40.3 Å². The number of nitrogens with zero attached hydrogens (tertiary/aromatic N) is 7. The third-order valence-electron chi connectivity index (χ3n) is 5.40. The molecule has 0 aliphatic carbocycles. The van der Waals surface area contributed by atoms with E-state index >= 15 is 0 Å². The molecule has 4 heterocycles. The van der Waals surface area contributed by atoms with Gasteiger partial charge in [0.2, 0.25) is 0 Å². The highest BCUT2D eigenvalue weighted by atomic mass is 35.5. The van der Waals surface area contributed by atoms with Crippen LogP contribution in [-0.2, 0) is 0 Å². The molecule has 5 rings (SSSR count). The number of para-hydroxylation sites is 1. The summed E-state index contributed by atoms with van der Waals surface area (Å²) in [5, 5.41) is 20.8. The number of piperidine rings is 1. The molecule has 1 saturated heterocycles. The average Bonchev–Trinajstić information content (AvgIpc) is 3.45. The number of hydrogen-bond donors (Lipinski definition) is 2. The lowest BCUT2D eigenvalue weighted by atomic mass is 10.1. The van der Waals surface area contributed by atoms with Crippen molar-refractivity contribution in [2.45, 2.75) is 18.9 Å². The number of anilines is 1. The Bertz CT molecular complexity index is 1210. The van der Waals surface area contributed by atoms with Crippen molar-refractivity contribution in [3.05, 3.63) is 52.9 Å². The summed E-state index contributed by atoms with van der Waals surface area (Å²) in [5.41, 5.74) is 9.06. The Kier molecular flexibility index (Phi) is 5.31. The topological polar surface area (TPSA) is 112 Å². The molecular weight excluding hydrogens is 437 g/mol. The van der Waals surface area contributed by atoms with Gasteiger partial charge >= 0.3 is 0 Å².